The third-order valence-corrected chi connectivity index (χ3v) is 5.46. The van der Waals surface area contributed by atoms with Crippen LogP contribution in [0, 0.1) is 27.7 Å². The van der Waals surface area contributed by atoms with E-state index >= 15 is 0 Å². The lowest BCUT2D eigenvalue weighted by Gasteiger charge is -2.13. The van der Waals surface area contributed by atoms with Crippen LogP contribution in [0.25, 0.3) is 0 Å². The molecule has 1 N–H and O–H groups in total. The molecule has 0 aliphatic rings. The zero-order chi connectivity index (χ0) is 20.3. The molecule has 0 fully saturated rings. The average molecular weight is 398 g/mol. The Morgan fingerprint density at radius 2 is 1.93 bits per heavy atom. The summed E-state index contributed by atoms with van der Waals surface area (Å²) in [4.78, 5) is 13.2. The number of aryl methyl sites for hydroxylation is 4. The number of aromatic nitrogens is 2. The highest BCUT2D eigenvalue weighted by molar-refractivity contribution is 7.12. The van der Waals surface area contributed by atoms with Gasteiger partial charge in [-0.3, -0.25) is 9.48 Å². The number of hydrogen-bond donors (Lipinski definition) is 1. The van der Waals surface area contributed by atoms with Crippen LogP contribution < -0.4 is 10.1 Å². The number of rotatable bonds is 7. The Hall–Kier alpha value is -2.60. The van der Waals surface area contributed by atoms with Crippen molar-refractivity contribution in [2.45, 2.75) is 53.8 Å². The van der Waals surface area contributed by atoms with Gasteiger partial charge in [-0.2, -0.15) is 5.10 Å². The number of hydrogen-bond acceptors (Lipinski definition) is 4. The van der Waals surface area contributed by atoms with Gasteiger partial charge in [-0.15, -0.1) is 11.3 Å². The lowest BCUT2D eigenvalue weighted by molar-refractivity contribution is 0.0940. The predicted molar refractivity (Wildman–Crippen MR) is 113 cm³/mol. The number of nitrogens with one attached hydrogen (secondary N) is 1. The Kier molecular flexibility index (Phi) is 6.19. The molecular formula is C22H27N3O2S. The molecule has 1 amide bonds. The SMILES string of the molecule is Cc1cc(C)c(OCc2csc(C(=O)NC(C)Cn3ccc(C)n3)c2)c(C)c1. The van der Waals surface area contributed by atoms with E-state index in [9.17, 15) is 4.79 Å². The highest BCUT2D eigenvalue weighted by atomic mass is 32.1. The van der Waals surface area contributed by atoms with E-state index in [1.54, 1.807) is 0 Å². The summed E-state index contributed by atoms with van der Waals surface area (Å²) in [5.74, 6) is 0.862. The first-order valence-corrected chi connectivity index (χ1v) is 10.3. The summed E-state index contributed by atoms with van der Waals surface area (Å²) < 4.78 is 7.87. The van der Waals surface area contributed by atoms with Crippen LogP contribution in [0.1, 0.15) is 44.5 Å². The third kappa shape index (κ3) is 5.01. The fourth-order valence-corrected chi connectivity index (χ4v) is 4.11. The first-order chi connectivity index (χ1) is 13.3. The lowest BCUT2D eigenvalue weighted by Crippen LogP contribution is -2.35. The van der Waals surface area contributed by atoms with Crippen molar-refractivity contribution in [1.82, 2.24) is 15.1 Å². The Labute approximate surface area is 170 Å². The summed E-state index contributed by atoms with van der Waals surface area (Å²) in [6.45, 7) is 11.2. The van der Waals surface area contributed by atoms with E-state index in [1.807, 2.05) is 42.2 Å². The van der Waals surface area contributed by atoms with Gasteiger partial charge >= 0.3 is 0 Å². The molecule has 0 aliphatic carbocycles. The molecule has 1 aromatic carbocycles. The van der Waals surface area contributed by atoms with Crippen molar-refractivity contribution in [3.63, 3.8) is 0 Å². The van der Waals surface area contributed by atoms with Crippen LogP contribution in [-0.4, -0.2) is 21.7 Å². The molecule has 3 aromatic rings. The molecule has 3 rings (SSSR count). The summed E-state index contributed by atoms with van der Waals surface area (Å²) >= 11 is 1.44. The summed E-state index contributed by atoms with van der Waals surface area (Å²) in [5, 5.41) is 9.38. The zero-order valence-electron chi connectivity index (χ0n) is 17.1. The highest BCUT2D eigenvalue weighted by Crippen LogP contribution is 2.26. The monoisotopic (exact) mass is 397 g/mol. The van der Waals surface area contributed by atoms with E-state index in [0.29, 0.717) is 18.0 Å². The Balaban J connectivity index is 1.56. The van der Waals surface area contributed by atoms with E-state index in [0.717, 1.165) is 28.1 Å². The van der Waals surface area contributed by atoms with Gasteiger partial charge in [-0.05, 0) is 63.3 Å². The first-order valence-electron chi connectivity index (χ1n) is 9.41. The molecule has 0 spiro atoms. The molecule has 0 saturated carbocycles. The van der Waals surface area contributed by atoms with Crippen LogP contribution >= 0.6 is 11.3 Å². The van der Waals surface area contributed by atoms with Crippen molar-refractivity contribution in [2.75, 3.05) is 0 Å². The van der Waals surface area contributed by atoms with E-state index in [1.165, 1.54) is 16.9 Å². The topological polar surface area (TPSA) is 56.1 Å². The highest BCUT2D eigenvalue weighted by Gasteiger charge is 2.14. The van der Waals surface area contributed by atoms with Crippen molar-refractivity contribution in [3.8, 4) is 5.75 Å². The molecule has 28 heavy (non-hydrogen) atoms. The molecule has 0 radical (unpaired) electrons. The Morgan fingerprint density at radius 3 is 2.57 bits per heavy atom. The Bertz CT molecular complexity index is 951. The largest absolute Gasteiger partial charge is 0.488 e. The number of benzene rings is 1. The third-order valence-electron chi connectivity index (χ3n) is 4.48. The molecule has 148 valence electrons. The van der Waals surface area contributed by atoms with Crippen molar-refractivity contribution in [2.24, 2.45) is 0 Å². The first kappa shape index (κ1) is 20.1. The fraction of sp³-hybridized carbons (Fsp3) is 0.364. The second-order valence-corrected chi connectivity index (χ2v) is 8.30. The van der Waals surface area contributed by atoms with E-state index in [-0.39, 0.29) is 11.9 Å². The molecule has 6 heteroatoms. The smallest absolute Gasteiger partial charge is 0.261 e. The van der Waals surface area contributed by atoms with Gasteiger partial charge in [0.05, 0.1) is 17.1 Å². The molecule has 1 unspecified atom stereocenters. The summed E-state index contributed by atoms with van der Waals surface area (Å²) in [6.07, 6.45) is 1.92. The fourth-order valence-electron chi connectivity index (χ4n) is 3.31. The maximum absolute atomic E-state index is 12.5. The quantitative estimate of drug-likeness (QED) is 0.635. The molecule has 2 aromatic heterocycles. The number of carbonyl (C=O) groups is 1. The molecule has 5 nitrogen and oxygen atoms in total. The number of amides is 1. The molecule has 1 atom stereocenters. The van der Waals surface area contributed by atoms with Gasteiger partial charge in [0.15, 0.2) is 0 Å². The molecule has 0 aliphatic heterocycles. The minimum atomic E-state index is -0.0599. The molecular weight excluding hydrogens is 370 g/mol. The second kappa shape index (κ2) is 8.61. The van der Waals surface area contributed by atoms with Gasteiger partial charge < -0.3 is 10.1 Å². The second-order valence-electron chi connectivity index (χ2n) is 7.39. The number of carbonyl (C=O) groups excluding carboxylic acids is 1. The Morgan fingerprint density at radius 1 is 1.21 bits per heavy atom. The van der Waals surface area contributed by atoms with Crippen LogP contribution in [0.5, 0.6) is 5.75 Å². The van der Waals surface area contributed by atoms with Gasteiger partial charge in [0.25, 0.3) is 5.91 Å². The maximum atomic E-state index is 12.5. The predicted octanol–water partition coefficient (Wildman–Crippen LogP) is 4.58. The zero-order valence-corrected chi connectivity index (χ0v) is 17.9. The number of thiophene rings is 1. The minimum absolute atomic E-state index is 0.00791. The summed E-state index contributed by atoms with van der Waals surface area (Å²) in [7, 11) is 0. The standard InChI is InChI=1S/C22H27N3O2S/c1-14-8-15(2)21(16(3)9-14)27-12-19-10-20(28-13-19)22(26)23-18(5)11-25-7-6-17(4)24-25/h6-10,13,18H,11-12H2,1-5H3,(H,23,26). The molecule has 0 bridgehead atoms. The van der Waals surface area contributed by atoms with Gasteiger partial charge in [0, 0.05) is 17.8 Å². The van der Waals surface area contributed by atoms with Crippen LogP contribution in [-0.2, 0) is 13.2 Å². The molecule has 2 heterocycles. The van der Waals surface area contributed by atoms with E-state index < -0.39 is 0 Å². The van der Waals surface area contributed by atoms with Crippen molar-refractivity contribution >= 4 is 17.2 Å². The minimum Gasteiger partial charge on any atom is -0.488 e. The van der Waals surface area contributed by atoms with Gasteiger partial charge in [0.2, 0.25) is 0 Å². The summed E-state index contributed by atoms with van der Waals surface area (Å²) in [6, 6.07) is 8.10. The average Bonchev–Trinajstić information content (AvgIpc) is 3.23. The van der Waals surface area contributed by atoms with Gasteiger partial charge in [0.1, 0.15) is 12.4 Å². The van der Waals surface area contributed by atoms with E-state index in [4.69, 9.17) is 4.74 Å². The van der Waals surface area contributed by atoms with Crippen LogP contribution in [0.15, 0.2) is 35.8 Å². The van der Waals surface area contributed by atoms with Crippen molar-refractivity contribution in [1.29, 1.82) is 0 Å². The van der Waals surface area contributed by atoms with Gasteiger partial charge in [-0.1, -0.05) is 17.7 Å². The van der Waals surface area contributed by atoms with Crippen LogP contribution in [0.2, 0.25) is 0 Å². The summed E-state index contributed by atoms with van der Waals surface area (Å²) in [5.41, 5.74) is 5.48. The number of ether oxygens (including phenoxy) is 1. The van der Waals surface area contributed by atoms with Gasteiger partial charge in [-0.25, -0.2) is 0 Å². The van der Waals surface area contributed by atoms with E-state index in [2.05, 4.69) is 43.3 Å². The van der Waals surface area contributed by atoms with Crippen molar-refractivity contribution < 1.29 is 9.53 Å². The normalized spacial score (nSPS) is 12.0. The lowest BCUT2D eigenvalue weighted by atomic mass is 10.1. The van der Waals surface area contributed by atoms with Crippen LogP contribution in [0.3, 0.4) is 0 Å². The number of nitrogens with zero attached hydrogens (tertiary/aromatic N) is 2. The van der Waals surface area contributed by atoms with Crippen LogP contribution in [0.4, 0.5) is 0 Å². The van der Waals surface area contributed by atoms with Crippen molar-refractivity contribution in [3.05, 3.63) is 68.7 Å². The maximum Gasteiger partial charge on any atom is 0.261 e. The molecule has 0 saturated heterocycles.